The number of unbranched alkanes of at least 4 members (excludes halogenated alkanes) is 2. The van der Waals surface area contributed by atoms with E-state index in [1.807, 2.05) is 45.9 Å². The van der Waals surface area contributed by atoms with E-state index in [-0.39, 0.29) is 5.63 Å². The molecule has 0 aliphatic heterocycles. The molecule has 198 valence electrons. The molecule has 0 amide bonds. The van der Waals surface area contributed by atoms with Crippen molar-refractivity contribution in [2.75, 3.05) is 0 Å². The van der Waals surface area contributed by atoms with Gasteiger partial charge in [-0.1, -0.05) is 51.5 Å². The second-order valence-corrected chi connectivity index (χ2v) is 10.9. The van der Waals surface area contributed by atoms with Crippen molar-refractivity contribution in [2.45, 2.75) is 91.3 Å². The Morgan fingerprint density at radius 2 is 1.73 bits per heavy atom. The summed E-state index contributed by atoms with van der Waals surface area (Å²) in [5.41, 5.74) is 2.63. The lowest BCUT2D eigenvalue weighted by Gasteiger charge is -2.34. The molecule has 3 rings (SSSR count). The average Bonchev–Trinajstić information content (AvgIpc) is 2.82. The largest absolute Gasteiger partial charge is 0.488 e. The minimum atomic E-state index is -0.741. The first kappa shape index (κ1) is 28.2. The predicted molar refractivity (Wildman–Crippen MR) is 150 cm³/mol. The maximum Gasteiger partial charge on any atom is 0.344 e. The molecule has 0 radical (unpaired) electrons. The van der Waals surface area contributed by atoms with E-state index in [4.69, 9.17) is 13.9 Å². The molecule has 0 spiro atoms. The van der Waals surface area contributed by atoms with E-state index in [1.165, 1.54) is 18.4 Å². The zero-order chi connectivity index (χ0) is 27.2. The summed E-state index contributed by atoms with van der Waals surface area (Å²) < 4.78 is 17.5. The number of ether oxygens (including phenoxy) is 2. The van der Waals surface area contributed by atoms with Crippen molar-refractivity contribution in [1.82, 2.24) is 0 Å². The number of esters is 1. The van der Waals surface area contributed by atoms with Crippen molar-refractivity contribution in [1.29, 1.82) is 0 Å². The van der Waals surface area contributed by atoms with Crippen molar-refractivity contribution >= 4 is 16.9 Å². The molecule has 5 heteroatoms. The van der Waals surface area contributed by atoms with Crippen LogP contribution in [0.25, 0.3) is 22.1 Å². The zero-order valence-electron chi connectivity index (χ0n) is 23.1. The summed E-state index contributed by atoms with van der Waals surface area (Å²) in [5, 5.41) is 0.832. The molecule has 37 heavy (non-hydrogen) atoms. The van der Waals surface area contributed by atoms with Gasteiger partial charge in [0.1, 0.15) is 22.5 Å². The van der Waals surface area contributed by atoms with Gasteiger partial charge in [-0.2, -0.15) is 0 Å². The Balaban J connectivity index is 1.89. The molecule has 0 saturated carbocycles. The van der Waals surface area contributed by atoms with Crippen molar-refractivity contribution in [3.63, 3.8) is 0 Å². The molecule has 0 unspecified atom stereocenters. The predicted octanol–water partition coefficient (Wildman–Crippen LogP) is 7.81. The number of carbonyl (C=O) groups excluding carboxylic acids is 1. The third-order valence-electron chi connectivity index (χ3n) is 6.41. The number of fused-ring (bicyclic) bond motifs is 1. The van der Waals surface area contributed by atoms with Crippen LogP contribution >= 0.6 is 0 Å². The van der Waals surface area contributed by atoms with Gasteiger partial charge in [-0.3, -0.25) is 0 Å². The van der Waals surface area contributed by atoms with Crippen LogP contribution in [-0.4, -0.2) is 17.2 Å². The van der Waals surface area contributed by atoms with E-state index >= 15 is 0 Å². The van der Waals surface area contributed by atoms with Gasteiger partial charge >= 0.3 is 11.6 Å². The minimum Gasteiger partial charge on any atom is -0.488 e. The Morgan fingerprint density at radius 3 is 2.41 bits per heavy atom. The van der Waals surface area contributed by atoms with Crippen molar-refractivity contribution in [3.8, 4) is 16.9 Å². The number of carbonyl (C=O) groups is 1. The minimum absolute atomic E-state index is 0.359. The summed E-state index contributed by atoms with van der Waals surface area (Å²) >= 11 is 0. The van der Waals surface area contributed by atoms with Crippen LogP contribution in [0, 0.1) is 0 Å². The second-order valence-electron chi connectivity index (χ2n) is 10.9. The van der Waals surface area contributed by atoms with Crippen LogP contribution in [0.3, 0.4) is 0 Å². The number of rotatable bonds is 12. The lowest BCUT2D eigenvalue weighted by atomic mass is 9.92. The van der Waals surface area contributed by atoms with E-state index in [0.29, 0.717) is 23.3 Å². The summed E-state index contributed by atoms with van der Waals surface area (Å²) in [5.74, 6) is 0.105. The molecule has 0 saturated heterocycles. The number of benzene rings is 2. The lowest BCUT2D eigenvalue weighted by Crippen LogP contribution is -2.40. The van der Waals surface area contributed by atoms with Gasteiger partial charge in [0.2, 0.25) is 0 Å². The van der Waals surface area contributed by atoms with Gasteiger partial charge in [-0.05, 0) is 81.8 Å². The highest BCUT2D eigenvalue weighted by atomic mass is 16.6. The van der Waals surface area contributed by atoms with E-state index in [2.05, 4.69) is 38.6 Å². The molecule has 1 aromatic heterocycles. The third kappa shape index (κ3) is 7.58. The Kier molecular flexibility index (Phi) is 9.01. The summed E-state index contributed by atoms with van der Waals surface area (Å²) in [6, 6.07) is 13.9. The fourth-order valence-electron chi connectivity index (χ4n) is 4.99. The van der Waals surface area contributed by atoms with E-state index < -0.39 is 17.2 Å². The molecule has 0 N–H and O–H groups in total. The van der Waals surface area contributed by atoms with E-state index in [1.54, 1.807) is 6.07 Å². The Morgan fingerprint density at radius 1 is 0.973 bits per heavy atom. The molecule has 0 fully saturated rings. The first-order valence-electron chi connectivity index (χ1n) is 13.2. The molecule has 1 heterocycles. The van der Waals surface area contributed by atoms with Crippen LogP contribution in [0.15, 0.2) is 64.3 Å². The SMILES string of the molecule is C=CC(=O)OC(C)(C)CC(C)(C)Oc1ccc2cc(-c3cc(CCCCC)ccc3CC)c(=O)oc2c1. The van der Waals surface area contributed by atoms with E-state index in [0.717, 1.165) is 41.9 Å². The summed E-state index contributed by atoms with van der Waals surface area (Å²) in [7, 11) is 0. The molecule has 3 aromatic rings. The molecule has 0 bridgehead atoms. The van der Waals surface area contributed by atoms with Gasteiger partial charge < -0.3 is 13.9 Å². The molecule has 2 aromatic carbocycles. The third-order valence-corrected chi connectivity index (χ3v) is 6.41. The maximum atomic E-state index is 13.1. The van der Waals surface area contributed by atoms with Crippen LogP contribution in [0.5, 0.6) is 5.75 Å². The normalized spacial score (nSPS) is 11.9. The highest BCUT2D eigenvalue weighted by Gasteiger charge is 2.33. The second kappa shape index (κ2) is 11.8. The van der Waals surface area contributed by atoms with Crippen molar-refractivity contribution in [2.24, 2.45) is 0 Å². The Labute approximate surface area is 220 Å². The number of hydrogen-bond acceptors (Lipinski definition) is 5. The Bertz CT molecular complexity index is 1310. The standard InChI is InChI=1S/C32H40O5/c1-8-11-12-13-22-14-15-23(9-2)26(18-22)27-19-24-16-17-25(20-28(24)35-30(27)34)36-31(4,5)21-32(6,7)37-29(33)10-3/h10,14-20H,3,8-9,11-13,21H2,1-2,4-7H3. The van der Waals surface area contributed by atoms with Crippen molar-refractivity contribution in [3.05, 3.63) is 76.7 Å². The maximum absolute atomic E-state index is 13.1. The van der Waals surface area contributed by atoms with Crippen molar-refractivity contribution < 1.29 is 18.7 Å². The number of aryl methyl sites for hydroxylation is 2. The van der Waals surface area contributed by atoms with Gasteiger partial charge in [0.25, 0.3) is 0 Å². The lowest BCUT2D eigenvalue weighted by molar-refractivity contribution is -0.154. The van der Waals surface area contributed by atoms with Crippen LogP contribution in [-0.2, 0) is 22.4 Å². The van der Waals surface area contributed by atoms with E-state index in [9.17, 15) is 9.59 Å². The fourth-order valence-corrected chi connectivity index (χ4v) is 4.99. The van der Waals surface area contributed by atoms with Crippen LogP contribution in [0.2, 0.25) is 0 Å². The highest BCUT2D eigenvalue weighted by molar-refractivity contribution is 5.83. The summed E-state index contributed by atoms with van der Waals surface area (Å²) in [4.78, 5) is 24.8. The topological polar surface area (TPSA) is 65.7 Å². The molecule has 0 aliphatic carbocycles. The monoisotopic (exact) mass is 504 g/mol. The first-order valence-corrected chi connectivity index (χ1v) is 13.2. The highest BCUT2D eigenvalue weighted by Crippen LogP contribution is 2.32. The van der Waals surface area contributed by atoms with Gasteiger partial charge in [-0.15, -0.1) is 0 Å². The average molecular weight is 505 g/mol. The van der Waals surface area contributed by atoms with Gasteiger partial charge in [0.05, 0.1) is 5.56 Å². The quantitative estimate of drug-likeness (QED) is 0.109. The number of hydrogen-bond donors (Lipinski definition) is 0. The zero-order valence-corrected chi connectivity index (χ0v) is 23.1. The molecule has 5 nitrogen and oxygen atoms in total. The smallest absolute Gasteiger partial charge is 0.344 e. The Hall–Kier alpha value is -3.34. The van der Waals surface area contributed by atoms with Crippen LogP contribution in [0.1, 0.15) is 78.4 Å². The fraction of sp³-hybridized carbons (Fsp3) is 0.438. The van der Waals surface area contributed by atoms with Gasteiger partial charge in [0.15, 0.2) is 0 Å². The molecular weight excluding hydrogens is 464 g/mol. The molecular formula is C32H40O5. The summed E-state index contributed by atoms with van der Waals surface area (Å²) in [6.45, 7) is 15.3. The van der Waals surface area contributed by atoms with Crippen LogP contribution < -0.4 is 10.4 Å². The van der Waals surface area contributed by atoms with Gasteiger partial charge in [0, 0.05) is 23.9 Å². The first-order chi connectivity index (χ1) is 17.5. The molecule has 0 atom stereocenters. The van der Waals surface area contributed by atoms with Crippen LogP contribution in [0.4, 0.5) is 0 Å². The van der Waals surface area contributed by atoms with Gasteiger partial charge in [-0.25, -0.2) is 9.59 Å². The summed E-state index contributed by atoms with van der Waals surface area (Å²) in [6.07, 6.45) is 6.96. The molecule has 0 aliphatic rings.